The van der Waals surface area contributed by atoms with Gasteiger partial charge in [-0.2, -0.15) is 13.2 Å². The van der Waals surface area contributed by atoms with Gasteiger partial charge in [0.05, 0.1) is 23.4 Å². The van der Waals surface area contributed by atoms with Gasteiger partial charge in [-0.25, -0.2) is 9.97 Å². The van der Waals surface area contributed by atoms with Gasteiger partial charge in [-0.15, -0.1) is 0 Å². The number of alkyl halides is 3. The van der Waals surface area contributed by atoms with Crippen LogP contribution in [-0.4, -0.2) is 38.5 Å². The minimum absolute atomic E-state index is 0.129. The van der Waals surface area contributed by atoms with Gasteiger partial charge in [-0.3, -0.25) is 9.20 Å². The molecule has 2 heterocycles. The smallest absolute Gasteiger partial charge is 0.395 e. The fourth-order valence-electron chi connectivity index (χ4n) is 3.68. The van der Waals surface area contributed by atoms with Crippen LogP contribution in [0.2, 0.25) is 0 Å². The average Bonchev–Trinajstić information content (AvgIpc) is 3.35. The molecule has 0 fully saturated rings. The summed E-state index contributed by atoms with van der Waals surface area (Å²) < 4.78 is 43.0. The number of nitrogens with one attached hydrogen (secondary N) is 2. The lowest BCUT2D eigenvalue weighted by Gasteiger charge is -2.16. The number of benzene rings is 2. The van der Waals surface area contributed by atoms with Crippen LogP contribution in [0.1, 0.15) is 60.3 Å². The Bertz CT molecular complexity index is 1380. The molecule has 7 nitrogen and oxygen atoms in total. The van der Waals surface area contributed by atoms with Crippen molar-refractivity contribution in [3.63, 3.8) is 0 Å². The molecule has 0 unspecified atom stereocenters. The zero-order chi connectivity index (χ0) is 29.2. The third-order valence-electron chi connectivity index (χ3n) is 5.47. The number of amides is 1. The Balaban J connectivity index is 0.00000127. The van der Waals surface area contributed by atoms with E-state index in [-0.39, 0.29) is 19.7 Å². The van der Waals surface area contributed by atoms with E-state index in [9.17, 15) is 18.0 Å². The molecule has 0 saturated heterocycles. The molecule has 0 atom stereocenters. The van der Waals surface area contributed by atoms with Crippen molar-refractivity contribution in [1.29, 1.82) is 0 Å². The van der Waals surface area contributed by atoms with Crippen molar-refractivity contribution in [2.24, 2.45) is 0 Å². The topological polar surface area (TPSA) is 91.5 Å². The second-order valence-corrected chi connectivity index (χ2v) is 8.23. The van der Waals surface area contributed by atoms with E-state index in [4.69, 9.17) is 5.11 Å². The Morgan fingerprint density at radius 1 is 1.03 bits per heavy atom. The number of imidazole rings is 1. The normalized spacial score (nSPS) is 10.8. The van der Waals surface area contributed by atoms with Crippen molar-refractivity contribution in [3.05, 3.63) is 82.8 Å². The molecule has 0 spiro atoms. The Labute approximate surface area is 227 Å². The summed E-state index contributed by atoms with van der Waals surface area (Å²) in [6.45, 7) is 11.9. The van der Waals surface area contributed by atoms with Crippen LogP contribution in [-0.2, 0) is 12.7 Å². The van der Waals surface area contributed by atoms with Crippen molar-refractivity contribution in [2.75, 3.05) is 18.5 Å². The highest BCUT2D eigenvalue weighted by atomic mass is 19.4. The molecule has 0 bridgehead atoms. The summed E-state index contributed by atoms with van der Waals surface area (Å²) in [5, 5.41) is 14.3. The summed E-state index contributed by atoms with van der Waals surface area (Å²) in [6, 6.07) is 8.87. The SMILES string of the molecule is CC.CC.Cc1cnc2nc(-c3ccc(C)c(NC(=O)c4ccc(CNCCO)cc4C(F)(F)F)c3)cn2c1. The lowest BCUT2D eigenvalue weighted by Crippen LogP contribution is -2.21. The first kappa shape index (κ1) is 31.5. The van der Waals surface area contributed by atoms with Crippen LogP contribution >= 0.6 is 0 Å². The summed E-state index contributed by atoms with van der Waals surface area (Å²) >= 11 is 0. The van der Waals surface area contributed by atoms with Gasteiger partial charge in [0.1, 0.15) is 0 Å². The van der Waals surface area contributed by atoms with E-state index < -0.39 is 23.2 Å². The molecular formula is C29H36F3N5O2. The molecule has 0 aliphatic rings. The number of carbonyl (C=O) groups excluding carboxylic acids is 1. The number of hydrogen-bond donors (Lipinski definition) is 3. The Morgan fingerprint density at radius 2 is 1.74 bits per heavy atom. The number of halogens is 3. The molecule has 2 aromatic carbocycles. The highest BCUT2D eigenvalue weighted by Crippen LogP contribution is 2.34. The predicted octanol–water partition coefficient (Wildman–Crippen LogP) is 6.42. The molecule has 39 heavy (non-hydrogen) atoms. The lowest BCUT2D eigenvalue weighted by atomic mass is 10.0. The molecule has 0 radical (unpaired) electrons. The first-order valence-corrected chi connectivity index (χ1v) is 12.9. The molecule has 1 amide bonds. The van der Waals surface area contributed by atoms with E-state index in [2.05, 4.69) is 20.6 Å². The number of aromatic nitrogens is 3. The van der Waals surface area contributed by atoms with Crippen molar-refractivity contribution in [2.45, 2.75) is 54.3 Å². The molecule has 0 saturated carbocycles. The van der Waals surface area contributed by atoms with E-state index in [1.807, 2.05) is 46.9 Å². The Morgan fingerprint density at radius 3 is 2.41 bits per heavy atom. The number of nitrogens with zero attached hydrogens (tertiary/aromatic N) is 3. The van der Waals surface area contributed by atoms with Crippen LogP contribution in [0, 0.1) is 13.8 Å². The summed E-state index contributed by atoms with van der Waals surface area (Å²) in [4.78, 5) is 21.7. The molecule has 3 N–H and O–H groups in total. The minimum Gasteiger partial charge on any atom is -0.395 e. The largest absolute Gasteiger partial charge is 0.417 e. The van der Waals surface area contributed by atoms with E-state index in [1.165, 1.54) is 12.1 Å². The predicted molar refractivity (Wildman–Crippen MR) is 149 cm³/mol. The fourth-order valence-corrected chi connectivity index (χ4v) is 3.68. The van der Waals surface area contributed by atoms with E-state index in [1.54, 1.807) is 35.9 Å². The van der Waals surface area contributed by atoms with E-state index >= 15 is 0 Å². The Kier molecular flexibility index (Phi) is 11.6. The molecule has 4 rings (SSSR count). The number of aryl methyl sites for hydroxylation is 2. The molecule has 4 aromatic rings. The monoisotopic (exact) mass is 543 g/mol. The number of aliphatic hydroxyl groups is 1. The number of fused-ring (bicyclic) bond motifs is 1. The van der Waals surface area contributed by atoms with Crippen LogP contribution in [0.5, 0.6) is 0 Å². The molecule has 210 valence electrons. The zero-order valence-electron chi connectivity index (χ0n) is 23.1. The lowest BCUT2D eigenvalue weighted by molar-refractivity contribution is -0.137. The number of rotatable bonds is 7. The van der Waals surface area contributed by atoms with Crippen molar-refractivity contribution < 1.29 is 23.1 Å². The summed E-state index contributed by atoms with van der Waals surface area (Å²) in [6.07, 6.45) is 0.686. The Hall–Kier alpha value is -3.76. The van der Waals surface area contributed by atoms with Crippen LogP contribution < -0.4 is 10.6 Å². The number of carbonyl (C=O) groups is 1. The third kappa shape index (κ3) is 8.11. The second-order valence-electron chi connectivity index (χ2n) is 8.23. The standard InChI is InChI=1S/C25H24F3N5O2.2C2H6/c1-15-11-30-24-32-22(14-33(24)13-15)18-5-3-16(2)21(10-18)31-23(35)19-6-4-17(12-29-7-8-34)9-20(19)25(26,27)28;2*1-2/h3-6,9-11,13-14,29,34H,7-8,12H2,1-2H3,(H,31,35);2*1-2H3. The van der Waals surface area contributed by atoms with Crippen molar-refractivity contribution >= 4 is 17.4 Å². The first-order valence-electron chi connectivity index (χ1n) is 12.9. The molecular weight excluding hydrogens is 507 g/mol. The molecule has 0 aliphatic carbocycles. The van der Waals surface area contributed by atoms with Gasteiger partial charge in [0.15, 0.2) is 0 Å². The van der Waals surface area contributed by atoms with Gasteiger partial charge in [0.2, 0.25) is 5.78 Å². The van der Waals surface area contributed by atoms with Gasteiger partial charge in [-0.05, 0) is 48.7 Å². The van der Waals surface area contributed by atoms with Crippen LogP contribution in [0.15, 0.2) is 55.0 Å². The van der Waals surface area contributed by atoms with Gasteiger partial charge in [0, 0.05) is 42.9 Å². The number of hydrogen-bond acceptors (Lipinski definition) is 5. The highest BCUT2D eigenvalue weighted by Gasteiger charge is 2.35. The molecule has 10 heteroatoms. The fraction of sp³-hybridized carbons (Fsp3) is 0.345. The maximum absolute atomic E-state index is 13.8. The van der Waals surface area contributed by atoms with Crippen LogP contribution in [0.3, 0.4) is 0 Å². The van der Waals surface area contributed by atoms with Gasteiger partial charge >= 0.3 is 6.18 Å². The van der Waals surface area contributed by atoms with Crippen molar-refractivity contribution in [1.82, 2.24) is 19.7 Å². The van der Waals surface area contributed by atoms with E-state index in [0.717, 1.165) is 11.6 Å². The maximum atomic E-state index is 13.8. The molecule has 2 aromatic heterocycles. The molecule has 0 aliphatic heterocycles. The van der Waals surface area contributed by atoms with Crippen LogP contribution in [0.4, 0.5) is 18.9 Å². The van der Waals surface area contributed by atoms with Gasteiger partial charge in [0.25, 0.3) is 5.91 Å². The average molecular weight is 544 g/mol. The third-order valence-corrected chi connectivity index (χ3v) is 5.47. The van der Waals surface area contributed by atoms with Gasteiger partial charge < -0.3 is 15.7 Å². The minimum atomic E-state index is -4.71. The number of aliphatic hydroxyl groups excluding tert-OH is 1. The second kappa shape index (κ2) is 14.4. The van der Waals surface area contributed by atoms with Crippen LogP contribution in [0.25, 0.3) is 17.0 Å². The van der Waals surface area contributed by atoms with Crippen molar-refractivity contribution in [3.8, 4) is 11.3 Å². The summed E-state index contributed by atoms with van der Waals surface area (Å²) in [5.41, 5.74) is 2.22. The first-order chi connectivity index (χ1) is 18.7. The zero-order valence-corrected chi connectivity index (χ0v) is 23.1. The summed E-state index contributed by atoms with van der Waals surface area (Å²) in [7, 11) is 0. The highest BCUT2D eigenvalue weighted by molar-refractivity contribution is 6.06. The maximum Gasteiger partial charge on any atom is 0.417 e. The number of anilines is 1. The van der Waals surface area contributed by atoms with E-state index in [0.29, 0.717) is 33.8 Å². The van der Waals surface area contributed by atoms with Gasteiger partial charge in [-0.1, -0.05) is 45.9 Å². The quantitative estimate of drug-likeness (QED) is 0.234. The summed E-state index contributed by atoms with van der Waals surface area (Å²) in [5.74, 6) is -0.347.